The number of ether oxygens (including phenoxy) is 3. The molecule has 0 aliphatic carbocycles. The average molecular weight is 467 g/mol. The first-order valence-corrected chi connectivity index (χ1v) is 11.0. The molecule has 172 valence electrons. The summed E-state index contributed by atoms with van der Waals surface area (Å²) in [7, 11) is 4.79. The molecule has 0 spiro atoms. The molecular weight excluding hydrogens is 440 g/mol. The molecule has 9 heteroatoms. The van der Waals surface area contributed by atoms with E-state index in [0.29, 0.717) is 53.2 Å². The minimum Gasteiger partial charge on any atom is -0.496 e. The van der Waals surface area contributed by atoms with Crippen LogP contribution in [-0.2, 0) is 6.54 Å². The molecule has 2 aromatic carbocycles. The topological polar surface area (TPSA) is 76.2 Å². The number of nitrogens with zero attached hydrogens (tertiary/aromatic N) is 3. The van der Waals surface area contributed by atoms with Gasteiger partial charge in [-0.1, -0.05) is 24.3 Å². The maximum atomic E-state index is 13.4. The SMILES string of the molecule is COc1cccc(CNC(=S)N2CCCN2C(=O)c2cc(OC)c3ccccc3n2)c1OC. The fourth-order valence-corrected chi connectivity index (χ4v) is 4.21. The van der Waals surface area contributed by atoms with E-state index in [1.807, 2.05) is 42.5 Å². The zero-order chi connectivity index (χ0) is 23.4. The zero-order valence-corrected chi connectivity index (χ0v) is 19.6. The van der Waals surface area contributed by atoms with Crippen molar-refractivity contribution in [2.75, 3.05) is 34.4 Å². The van der Waals surface area contributed by atoms with Crippen molar-refractivity contribution in [3.8, 4) is 17.2 Å². The molecule has 1 aromatic heterocycles. The number of pyridine rings is 1. The summed E-state index contributed by atoms with van der Waals surface area (Å²) in [6.45, 7) is 1.62. The normalized spacial score (nSPS) is 13.2. The minimum absolute atomic E-state index is 0.223. The molecule has 1 amide bonds. The van der Waals surface area contributed by atoms with Crippen LogP contribution < -0.4 is 19.5 Å². The van der Waals surface area contributed by atoms with Gasteiger partial charge >= 0.3 is 0 Å². The number of aromatic nitrogens is 1. The fourth-order valence-electron chi connectivity index (χ4n) is 3.94. The Bertz CT molecular complexity index is 1190. The highest BCUT2D eigenvalue weighted by Crippen LogP contribution is 2.31. The van der Waals surface area contributed by atoms with E-state index in [-0.39, 0.29) is 5.91 Å². The number of hydrogen-bond acceptors (Lipinski definition) is 6. The van der Waals surface area contributed by atoms with E-state index in [9.17, 15) is 4.79 Å². The molecule has 0 atom stereocenters. The summed E-state index contributed by atoms with van der Waals surface area (Å²) in [6, 6.07) is 14.9. The maximum Gasteiger partial charge on any atom is 0.291 e. The van der Waals surface area contributed by atoms with Gasteiger partial charge in [0.2, 0.25) is 0 Å². The first kappa shape index (κ1) is 22.6. The van der Waals surface area contributed by atoms with Crippen molar-refractivity contribution in [2.45, 2.75) is 13.0 Å². The van der Waals surface area contributed by atoms with Crippen molar-refractivity contribution < 1.29 is 19.0 Å². The van der Waals surface area contributed by atoms with Crippen molar-refractivity contribution in [1.82, 2.24) is 20.3 Å². The Morgan fingerprint density at radius 3 is 2.52 bits per heavy atom. The predicted octanol–water partition coefficient (Wildman–Crippen LogP) is 3.40. The molecule has 1 N–H and O–H groups in total. The van der Waals surface area contributed by atoms with Crippen LogP contribution in [0.3, 0.4) is 0 Å². The molecule has 1 aliphatic heterocycles. The fraction of sp³-hybridized carbons (Fsp3) is 0.292. The van der Waals surface area contributed by atoms with Crippen LogP contribution in [0.5, 0.6) is 17.2 Å². The molecular formula is C24H26N4O4S. The van der Waals surface area contributed by atoms with Crippen LogP contribution in [0.25, 0.3) is 10.9 Å². The van der Waals surface area contributed by atoms with E-state index in [1.165, 1.54) is 0 Å². The quantitative estimate of drug-likeness (QED) is 0.554. The number of para-hydroxylation sites is 2. The highest BCUT2D eigenvalue weighted by Gasteiger charge is 2.31. The summed E-state index contributed by atoms with van der Waals surface area (Å²) >= 11 is 5.63. The van der Waals surface area contributed by atoms with Crippen LogP contribution in [0.4, 0.5) is 0 Å². The molecule has 2 heterocycles. The number of amides is 1. The van der Waals surface area contributed by atoms with Crippen LogP contribution in [0.2, 0.25) is 0 Å². The van der Waals surface area contributed by atoms with Crippen LogP contribution in [0.15, 0.2) is 48.5 Å². The minimum atomic E-state index is -0.223. The van der Waals surface area contributed by atoms with Crippen molar-refractivity contribution in [1.29, 1.82) is 0 Å². The summed E-state index contributed by atoms with van der Waals surface area (Å²) in [5.74, 6) is 1.69. The lowest BCUT2D eigenvalue weighted by atomic mass is 10.1. The number of benzene rings is 2. The van der Waals surface area contributed by atoms with Gasteiger partial charge in [-0.3, -0.25) is 9.80 Å². The molecule has 1 saturated heterocycles. The third-order valence-corrected chi connectivity index (χ3v) is 5.89. The number of nitrogens with one attached hydrogen (secondary N) is 1. The average Bonchev–Trinajstić information content (AvgIpc) is 3.35. The van der Waals surface area contributed by atoms with Gasteiger partial charge in [-0.2, -0.15) is 0 Å². The summed E-state index contributed by atoms with van der Waals surface area (Å²) in [4.78, 5) is 17.9. The molecule has 8 nitrogen and oxygen atoms in total. The zero-order valence-electron chi connectivity index (χ0n) is 18.8. The molecule has 0 unspecified atom stereocenters. The maximum absolute atomic E-state index is 13.4. The molecule has 0 radical (unpaired) electrons. The Hall–Kier alpha value is -3.59. The van der Waals surface area contributed by atoms with Crippen molar-refractivity contribution >= 4 is 34.1 Å². The lowest BCUT2D eigenvalue weighted by molar-refractivity contribution is 0.0485. The monoisotopic (exact) mass is 466 g/mol. The molecule has 0 bridgehead atoms. The molecule has 1 fully saturated rings. The lowest BCUT2D eigenvalue weighted by Gasteiger charge is -2.30. The van der Waals surface area contributed by atoms with Gasteiger partial charge in [0.25, 0.3) is 5.91 Å². The first-order chi connectivity index (χ1) is 16.1. The summed E-state index contributed by atoms with van der Waals surface area (Å²) in [6.07, 6.45) is 0.806. The Balaban J connectivity index is 1.52. The van der Waals surface area contributed by atoms with Gasteiger partial charge < -0.3 is 19.5 Å². The van der Waals surface area contributed by atoms with Crippen LogP contribution in [-0.4, -0.2) is 60.4 Å². The van der Waals surface area contributed by atoms with Crippen molar-refractivity contribution in [3.05, 3.63) is 59.8 Å². The van der Waals surface area contributed by atoms with Crippen LogP contribution >= 0.6 is 12.2 Å². The predicted molar refractivity (Wildman–Crippen MR) is 130 cm³/mol. The third-order valence-electron chi connectivity index (χ3n) is 5.53. The highest BCUT2D eigenvalue weighted by molar-refractivity contribution is 7.80. The number of hydrogen-bond donors (Lipinski definition) is 1. The summed E-state index contributed by atoms with van der Waals surface area (Å²) < 4.78 is 16.4. The third kappa shape index (κ3) is 4.49. The van der Waals surface area contributed by atoms with Gasteiger partial charge in [-0.25, -0.2) is 9.99 Å². The Morgan fingerprint density at radius 2 is 1.76 bits per heavy atom. The van der Waals surface area contributed by atoms with Gasteiger partial charge in [0, 0.05) is 36.7 Å². The molecule has 0 saturated carbocycles. The highest BCUT2D eigenvalue weighted by atomic mass is 32.1. The lowest BCUT2D eigenvalue weighted by Crippen LogP contribution is -2.49. The van der Waals surface area contributed by atoms with Crippen molar-refractivity contribution in [3.63, 3.8) is 0 Å². The first-order valence-electron chi connectivity index (χ1n) is 10.6. The van der Waals surface area contributed by atoms with Crippen LogP contribution in [0.1, 0.15) is 22.5 Å². The number of rotatable bonds is 6. The Labute approximate surface area is 198 Å². The van der Waals surface area contributed by atoms with Gasteiger partial charge in [0.15, 0.2) is 16.6 Å². The van der Waals surface area contributed by atoms with E-state index in [2.05, 4.69) is 10.3 Å². The van der Waals surface area contributed by atoms with E-state index in [4.69, 9.17) is 26.4 Å². The molecule has 3 aromatic rings. The van der Waals surface area contributed by atoms with Crippen molar-refractivity contribution in [2.24, 2.45) is 0 Å². The standard InChI is InChI=1S/C24H26N4O4S/c1-30-20-11-6-8-16(22(20)32-3)15-25-24(33)28-13-7-12-27(28)23(29)19-14-21(31-2)17-9-4-5-10-18(17)26-19/h4-6,8-11,14H,7,12-13,15H2,1-3H3,(H,25,33). The van der Waals surface area contributed by atoms with E-state index >= 15 is 0 Å². The summed E-state index contributed by atoms with van der Waals surface area (Å²) in [5.41, 5.74) is 1.92. The number of methoxy groups -OCH3 is 3. The van der Waals surface area contributed by atoms with Gasteiger partial charge in [0.1, 0.15) is 11.4 Å². The summed E-state index contributed by atoms with van der Waals surface area (Å²) in [5, 5.41) is 7.97. The Kier molecular flexibility index (Phi) is 6.79. The second-order valence-corrected chi connectivity index (χ2v) is 7.83. The Morgan fingerprint density at radius 1 is 1.00 bits per heavy atom. The largest absolute Gasteiger partial charge is 0.496 e. The molecule has 1 aliphatic rings. The van der Waals surface area contributed by atoms with Crippen LogP contribution in [0, 0.1) is 0 Å². The number of hydrazine groups is 1. The number of fused-ring (bicyclic) bond motifs is 1. The second kappa shape index (κ2) is 9.91. The number of carbonyl (C=O) groups excluding carboxylic acids is 1. The molecule has 33 heavy (non-hydrogen) atoms. The van der Waals surface area contributed by atoms with E-state index in [0.717, 1.165) is 17.4 Å². The van der Waals surface area contributed by atoms with Gasteiger partial charge in [-0.15, -0.1) is 0 Å². The number of carbonyl (C=O) groups is 1. The smallest absolute Gasteiger partial charge is 0.291 e. The second-order valence-electron chi connectivity index (χ2n) is 7.44. The number of thiocarbonyl (C=S) groups is 1. The van der Waals surface area contributed by atoms with E-state index in [1.54, 1.807) is 37.4 Å². The molecule has 4 rings (SSSR count). The van der Waals surface area contributed by atoms with Gasteiger partial charge in [0.05, 0.1) is 26.8 Å². The van der Waals surface area contributed by atoms with E-state index < -0.39 is 0 Å². The van der Waals surface area contributed by atoms with Gasteiger partial charge in [-0.05, 0) is 36.8 Å².